The number of hydrogen-bond donors (Lipinski definition) is 1. The van der Waals surface area contributed by atoms with Gasteiger partial charge in [0.15, 0.2) is 0 Å². The zero-order valence-corrected chi connectivity index (χ0v) is 11.2. The van der Waals surface area contributed by atoms with Crippen LogP contribution in [0.1, 0.15) is 19.8 Å². The van der Waals surface area contributed by atoms with Gasteiger partial charge < -0.3 is 5.32 Å². The number of hydrogen-bond acceptors (Lipinski definition) is 3. The maximum absolute atomic E-state index is 13.0. The fourth-order valence-electron chi connectivity index (χ4n) is 1.86. The molecule has 0 atom stereocenters. The highest BCUT2D eigenvalue weighted by atomic mass is 19.1. The molecule has 0 spiro atoms. The molecule has 1 heterocycles. The summed E-state index contributed by atoms with van der Waals surface area (Å²) in [5.41, 5.74) is -0.0571. The van der Waals surface area contributed by atoms with Crippen molar-refractivity contribution in [2.45, 2.75) is 26.3 Å². The summed E-state index contributed by atoms with van der Waals surface area (Å²) >= 11 is 0. The van der Waals surface area contributed by atoms with Gasteiger partial charge >= 0.3 is 0 Å². The number of fused-ring (bicyclic) bond motifs is 1. The number of halogens is 1. The molecule has 5 nitrogen and oxygen atoms in total. The average molecular weight is 277 g/mol. The van der Waals surface area contributed by atoms with Crippen LogP contribution in [0.4, 0.5) is 4.39 Å². The Morgan fingerprint density at radius 3 is 3.00 bits per heavy atom. The van der Waals surface area contributed by atoms with Crippen molar-refractivity contribution in [3.8, 4) is 0 Å². The standard InChI is InChI=1S/C14H16FN3O2/c1-2-3-6-16-13(19)8-18-9-17-12-7-10(15)4-5-11(12)14(18)20/h4-5,7,9H,2-3,6,8H2,1H3,(H,16,19). The van der Waals surface area contributed by atoms with Crippen LogP contribution in [0.15, 0.2) is 29.3 Å². The summed E-state index contributed by atoms with van der Waals surface area (Å²) in [5.74, 6) is -0.678. The molecule has 1 N–H and O–H groups in total. The second-order valence-electron chi connectivity index (χ2n) is 4.54. The van der Waals surface area contributed by atoms with Gasteiger partial charge in [-0.25, -0.2) is 9.37 Å². The fraction of sp³-hybridized carbons (Fsp3) is 0.357. The lowest BCUT2D eigenvalue weighted by molar-refractivity contribution is -0.121. The third kappa shape index (κ3) is 3.20. The fourth-order valence-corrected chi connectivity index (χ4v) is 1.86. The Morgan fingerprint density at radius 1 is 1.45 bits per heavy atom. The van der Waals surface area contributed by atoms with Gasteiger partial charge in [-0.2, -0.15) is 0 Å². The van der Waals surface area contributed by atoms with Crippen LogP contribution in [-0.2, 0) is 11.3 Å². The number of rotatable bonds is 5. The molecule has 2 aromatic rings. The Labute approximate surface area is 115 Å². The van der Waals surface area contributed by atoms with E-state index in [4.69, 9.17) is 0 Å². The number of nitrogens with zero attached hydrogens (tertiary/aromatic N) is 2. The van der Waals surface area contributed by atoms with Crippen LogP contribution in [0, 0.1) is 5.82 Å². The van der Waals surface area contributed by atoms with Gasteiger partial charge in [-0.1, -0.05) is 13.3 Å². The molecule has 106 valence electrons. The van der Waals surface area contributed by atoms with E-state index in [1.807, 2.05) is 6.92 Å². The van der Waals surface area contributed by atoms with Crippen molar-refractivity contribution in [3.05, 3.63) is 40.7 Å². The third-order valence-corrected chi connectivity index (χ3v) is 2.95. The molecule has 1 aromatic heterocycles. The van der Waals surface area contributed by atoms with Crippen molar-refractivity contribution in [2.24, 2.45) is 0 Å². The van der Waals surface area contributed by atoms with Gasteiger partial charge in [0.2, 0.25) is 5.91 Å². The SMILES string of the molecule is CCCCNC(=O)Cn1cnc2cc(F)ccc2c1=O. The van der Waals surface area contributed by atoms with E-state index < -0.39 is 5.82 Å². The van der Waals surface area contributed by atoms with Gasteiger partial charge in [-0.3, -0.25) is 14.2 Å². The molecular formula is C14H16FN3O2. The van der Waals surface area contributed by atoms with E-state index in [0.717, 1.165) is 12.8 Å². The van der Waals surface area contributed by atoms with E-state index in [0.29, 0.717) is 11.9 Å². The first-order valence-electron chi connectivity index (χ1n) is 6.53. The van der Waals surface area contributed by atoms with Gasteiger partial charge in [-0.15, -0.1) is 0 Å². The summed E-state index contributed by atoms with van der Waals surface area (Å²) in [5, 5.41) is 3.03. The van der Waals surface area contributed by atoms with E-state index >= 15 is 0 Å². The molecule has 20 heavy (non-hydrogen) atoms. The highest BCUT2D eigenvalue weighted by molar-refractivity contribution is 5.78. The first-order chi connectivity index (χ1) is 9.61. The Balaban J connectivity index is 2.19. The van der Waals surface area contributed by atoms with Crippen LogP contribution < -0.4 is 10.9 Å². The van der Waals surface area contributed by atoms with Crippen LogP contribution in [0.2, 0.25) is 0 Å². The van der Waals surface area contributed by atoms with Crippen molar-refractivity contribution >= 4 is 16.8 Å². The third-order valence-electron chi connectivity index (χ3n) is 2.95. The van der Waals surface area contributed by atoms with E-state index in [1.165, 1.54) is 29.1 Å². The highest BCUT2D eigenvalue weighted by Crippen LogP contribution is 2.08. The lowest BCUT2D eigenvalue weighted by Gasteiger charge is -2.07. The zero-order valence-electron chi connectivity index (χ0n) is 11.2. The summed E-state index contributed by atoms with van der Waals surface area (Å²) < 4.78 is 14.3. The Bertz CT molecular complexity index is 682. The van der Waals surface area contributed by atoms with E-state index in [2.05, 4.69) is 10.3 Å². The number of carbonyl (C=O) groups excluding carboxylic acids is 1. The largest absolute Gasteiger partial charge is 0.355 e. The first-order valence-corrected chi connectivity index (χ1v) is 6.53. The van der Waals surface area contributed by atoms with Crippen molar-refractivity contribution in [1.29, 1.82) is 0 Å². The number of benzene rings is 1. The number of carbonyl (C=O) groups is 1. The van der Waals surface area contributed by atoms with Crippen LogP contribution in [0.5, 0.6) is 0 Å². The molecule has 0 saturated carbocycles. The average Bonchev–Trinajstić information content (AvgIpc) is 2.42. The quantitative estimate of drug-likeness (QED) is 0.841. The maximum atomic E-state index is 13.0. The maximum Gasteiger partial charge on any atom is 0.261 e. The molecule has 0 radical (unpaired) electrons. The van der Waals surface area contributed by atoms with Crippen LogP contribution in [0.25, 0.3) is 10.9 Å². The molecule has 0 bridgehead atoms. The molecular weight excluding hydrogens is 261 g/mol. The molecule has 0 fully saturated rings. The summed E-state index contributed by atoms with van der Waals surface area (Å²) in [6, 6.07) is 3.78. The minimum absolute atomic E-state index is 0.0805. The monoisotopic (exact) mass is 277 g/mol. The second kappa shape index (κ2) is 6.27. The first kappa shape index (κ1) is 14.2. The minimum Gasteiger partial charge on any atom is -0.355 e. The summed E-state index contributed by atoms with van der Waals surface area (Å²) in [7, 11) is 0. The van der Waals surface area contributed by atoms with Crippen molar-refractivity contribution in [1.82, 2.24) is 14.9 Å². The van der Waals surface area contributed by atoms with Gasteiger partial charge in [0.05, 0.1) is 17.2 Å². The van der Waals surface area contributed by atoms with Crippen molar-refractivity contribution < 1.29 is 9.18 Å². The molecule has 0 aliphatic rings. The predicted octanol–water partition coefficient (Wildman–Crippen LogP) is 1.45. The van der Waals surface area contributed by atoms with Crippen LogP contribution in [0.3, 0.4) is 0 Å². The second-order valence-corrected chi connectivity index (χ2v) is 4.54. The van der Waals surface area contributed by atoms with Crippen LogP contribution in [-0.4, -0.2) is 22.0 Å². The van der Waals surface area contributed by atoms with Crippen molar-refractivity contribution in [2.75, 3.05) is 6.54 Å². The lowest BCUT2D eigenvalue weighted by atomic mass is 10.2. The van der Waals surface area contributed by atoms with Crippen LogP contribution >= 0.6 is 0 Å². The summed E-state index contributed by atoms with van der Waals surface area (Å²) in [4.78, 5) is 27.8. The zero-order chi connectivity index (χ0) is 14.5. The Morgan fingerprint density at radius 2 is 2.25 bits per heavy atom. The summed E-state index contributed by atoms with van der Waals surface area (Å²) in [6.45, 7) is 2.54. The predicted molar refractivity (Wildman–Crippen MR) is 73.9 cm³/mol. The molecule has 1 aromatic carbocycles. The number of unbranched alkanes of at least 4 members (excludes halogenated alkanes) is 1. The van der Waals surface area contributed by atoms with Gasteiger partial charge in [0, 0.05) is 12.6 Å². The van der Waals surface area contributed by atoms with Gasteiger partial charge in [0.1, 0.15) is 12.4 Å². The van der Waals surface area contributed by atoms with Gasteiger partial charge in [0.25, 0.3) is 5.56 Å². The Kier molecular flexibility index (Phi) is 4.45. The van der Waals surface area contributed by atoms with E-state index in [-0.39, 0.29) is 23.5 Å². The Hall–Kier alpha value is -2.24. The van der Waals surface area contributed by atoms with E-state index in [9.17, 15) is 14.0 Å². The smallest absolute Gasteiger partial charge is 0.261 e. The lowest BCUT2D eigenvalue weighted by Crippen LogP contribution is -2.32. The number of aromatic nitrogens is 2. The highest BCUT2D eigenvalue weighted by Gasteiger charge is 2.08. The summed E-state index contributed by atoms with van der Waals surface area (Å²) in [6.07, 6.45) is 3.16. The van der Waals surface area contributed by atoms with Crippen molar-refractivity contribution in [3.63, 3.8) is 0 Å². The number of amides is 1. The molecule has 0 aliphatic carbocycles. The van der Waals surface area contributed by atoms with E-state index in [1.54, 1.807) is 0 Å². The van der Waals surface area contributed by atoms with Gasteiger partial charge in [-0.05, 0) is 18.6 Å². The molecule has 2 rings (SSSR count). The topological polar surface area (TPSA) is 64.0 Å². The minimum atomic E-state index is -0.445. The molecule has 6 heteroatoms. The molecule has 0 aliphatic heterocycles. The normalized spacial score (nSPS) is 10.7. The molecule has 1 amide bonds. The molecule has 0 saturated heterocycles. The number of nitrogens with one attached hydrogen (secondary N) is 1. The molecule has 0 unspecified atom stereocenters.